The normalized spacial score (nSPS) is 15.5. The SMILES string of the molecule is COc1cc(/C=C2\SC(=O)N(CC(N)=O)C2=O)cc(Cl)c1OCC(=O)O. The quantitative estimate of drug-likeness (QED) is 0.654. The van der Waals surface area contributed by atoms with Crippen molar-refractivity contribution in [1.29, 1.82) is 0 Å². The van der Waals surface area contributed by atoms with E-state index in [4.69, 9.17) is 31.9 Å². The first kappa shape index (κ1) is 19.6. The second-order valence-corrected chi connectivity index (χ2v) is 6.35. The second-order valence-electron chi connectivity index (χ2n) is 4.95. The summed E-state index contributed by atoms with van der Waals surface area (Å²) in [7, 11) is 1.34. The van der Waals surface area contributed by atoms with Gasteiger partial charge in [0, 0.05) is 0 Å². The number of ether oxygens (including phenoxy) is 2. The van der Waals surface area contributed by atoms with E-state index in [9.17, 15) is 19.2 Å². The molecule has 1 saturated heterocycles. The fourth-order valence-corrected chi connectivity index (χ4v) is 3.15. The first-order valence-electron chi connectivity index (χ1n) is 6.98. The van der Waals surface area contributed by atoms with Gasteiger partial charge in [0.1, 0.15) is 6.54 Å². The van der Waals surface area contributed by atoms with Crippen molar-refractivity contribution in [3.05, 3.63) is 27.6 Å². The summed E-state index contributed by atoms with van der Waals surface area (Å²) in [5.74, 6) is -2.45. The number of thioether (sulfide) groups is 1. The summed E-state index contributed by atoms with van der Waals surface area (Å²) in [6, 6.07) is 2.88. The second kappa shape index (κ2) is 8.11. The van der Waals surface area contributed by atoms with Crippen molar-refractivity contribution in [3.63, 3.8) is 0 Å². The predicted molar refractivity (Wildman–Crippen MR) is 93.0 cm³/mol. The lowest BCUT2D eigenvalue weighted by Crippen LogP contribution is -2.36. The summed E-state index contributed by atoms with van der Waals surface area (Å²) in [5, 5.41) is 8.14. The molecule has 1 aliphatic heterocycles. The summed E-state index contributed by atoms with van der Waals surface area (Å²) in [6.07, 6.45) is 1.39. The molecule has 138 valence electrons. The number of carbonyl (C=O) groups excluding carboxylic acids is 3. The van der Waals surface area contributed by atoms with Crippen LogP contribution >= 0.6 is 23.4 Å². The Morgan fingerprint density at radius 1 is 1.38 bits per heavy atom. The summed E-state index contributed by atoms with van der Waals surface area (Å²) in [5.41, 5.74) is 5.43. The summed E-state index contributed by atoms with van der Waals surface area (Å²) >= 11 is 6.74. The number of carboxylic acids is 1. The van der Waals surface area contributed by atoms with Gasteiger partial charge in [-0.2, -0.15) is 0 Å². The van der Waals surface area contributed by atoms with Crippen LogP contribution in [-0.2, 0) is 14.4 Å². The lowest BCUT2D eigenvalue weighted by molar-refractivity contribution is -0.139. The number of carboxylic acid groups (broad SMARTS) is 1. The number of halogens is 1. The number of hydrogen-bond acceptors (Lipinski definition) is 7. The zero-order chi connectivity index (χ0) is 19.4. The van der Waals surface area contributed by atoms with Crippen LogP contribution in [0.2, 0.25) is 5.02 Å². The third kappa shape index (κ3) is 4.46. The Bertz CT molecular complexity index is 824. The molecule has 0 saturated carbocycles. The van der Waals surface area contributed by atoms with Crippen molar-refractivity contribution in [3.8, 4) is 11.5 Å². The smallest absolute Gasteiger partial charge is 0.341 e. The Morgan fingerprint density at radius 3 is 2.65 bits per heavy atom. The Kier molecular flexibility index (Phi) is 6.11. The molecule has 0 atom stereocenters. The third-order valence-electron chi connectivity index (χ3n) is 3.08. The zero-order valence-corrected chi connectivity index (χ0v) is 14.9. The molecule has 3 amide bonds. The molecule has 0 unspecified atom stereocenters. The maximum absolute atomic E-state index is 12.2. The Balaban J connectivity index is 2.32. The molecule has 2 rings (SSSR count). The number of imide groups is 1. The molecule has 0 aliphatic carbocycles. The fraction of sp³-hybridized carbons (Fsp3) is 0.200. The molecule has 11 heteroatoms. The minimum atomic E-state index is -1.18. The highest BCUT2D eigenvalue weighted by atomic mass is 35.5. The van der Waals surface area contributed by atoms with Crippen LogP contribution in [-0.4, -0.2) is 53.3 Å². The lowest BCUT2D eigenvalue weighted by Gasteiger charge is -2.12. The van der Waals surface area contributed by atoms with Crippen LogP contribution in [0.5, 0.6) is 11.5 Å². The molecule has 1 fully saturated rings. The predicted octanol–water partition coefficient (Wildman–Crippen LogP) is 1.33. The van der Waals surface area contributed by atoms with Crippen LogP contribution < -0.4 is 15.2 Å². The standard InChI is InChI=1S/C15H13ClN2O7S/c1-24-9-3-7(2-8(16)13(9)25-6-12(20)21)4-10-14(22)18(5-11(17)19)15(23)26-10/h2-4H,5-6H2,1H3,(H2,17,19)(H,20,21)/b10-4-. The third-order valence-corrected chi connectivity index (χ3v) is 4.27. The molecule has 1 aliphatic rings. The van der Waals surface area contributed by atoms with Crippen LogP contribution in [0.25, 0.3) is 6.08 Å². The number of benzene rings is 1. The first-order valence-corrected chi connectivity index (χ1v) is 8.18. The van der Waals surface area contributed by atoms with Gasteiger partial charge >= 0.3 is 5.97 Å². The molecule has 0 aromatic heterocycles. The number of carbonyl (C=O) groups is 4. The minimum absolute atomic E-state index is 0.0375. The molecular formula is C15H13ClN2O7S. The van der Waals surface area contributed by atoms with E-state index in [2.05, 4.69) is 0 Å². The highest BCUT2D eigenvalue weighted by Crippen LogP contribution is 2.38. The highest BCUT2D eigenvalue weighted by Gasteiger charge is 2.35. The minimum Gasteiger partial charge on any atom is -0.493 e. The van der Waals surface area contributed by atoms with E-state index in [0.29, 0.717) is 17.3 Å². The van der Waals surface area contributed by atoms with Gasteiger partial charge in [0.15, 0.2) is 18.1 Å². The number of nitrogens with two attached hydrogens (primary N) is 1. The molecule has 0 radical (unpaired) electrons. The van der Waals surface area contributed by atoms with E-state index in [-0.39, 0.29) is 21.4 Å². The number of nitrogens with zero attached hydrogens (tertiary/aromatic N) is 1. The maximum atomic E-state index is 12.2. The Labute approximate surface area is 156 Å². The van der Waals surface area contributed by atoms with Crippen molar-refractivity contribution in [2.45, 2.75) is 0 Å². The monoisotopic (exact) mass is 400 g/mol. The summed E-state index contributed by atoms with van der Waals surface area (Å²) < 4.78 is 10.2. The van der Waals surface area contributed by atoms with Crippen LogP contribution in [0.15, 0.2) is 17.0 Å². The number of amides is 3. The van der Waals surface area contributed by atoms with Crippen molar-refractivity contribution in [1.82, 2.24) is 4.90 Å². The van der Waals surface area contributed by atoms with Gasteiger partial charge < -0.3 is 20.3 Å². The van der Waals surface area contributed by atoms with Gasteiger partial charge in [-0.25, -0.2) is 4.79 Å². The number of aliphatic carboxylic acids is 1. The zero-order valence-electron chi connectivity index (χ0n) is 13.4. The van der Waals surface area contributed by atoms with Crippen LogP contribution in [0.1, 0.15) is 5.56 Å². The van der Waals surface area contributed by atoms with E-state index < -0.39 is 36.2 Å². The first-order chi connectivity index (χ1) is 12.2. The number of hydrogen-bond donors (Lipinski definition) is 2. The number of primary amides is 1. The van der Waals surface area contributed by atoms with Crippen molar-refractivity contribution >= 4 is 52.5 Å². The maximum Gasteiger partial charge on any atom is 0.341 e. The number of rotatable bonds is 7. The molecule has 26 heavy (non-hydrogen) atoms. The average Bonchev–Trinajstić information content (AvgIpc) is 2.80. The van der Waals surface area contributed by atoms with E-state index in [0.717, 1.165) is 4.90 Å². The van der Waals surface area contributed by atoms with Crippen molar-refractivity contribution in [2.75, 3.05) is 20.3 Å². The summed E-state index contributed by atoms with van der Waals surface area (Å²) in [6.45, 7) is -1.12. The van der Waals surface area contributed by atoms with Gasteiger partial charge in [-0.3, -0.25) is 19.3 Å². The van der Waals surface area contributed by atoms with E-state index >= 15 is 0 Å². The van der Waals surface area contributed by atoms with Crippen LogP contribution in [0.4, 0.5) is 4.79 Å². The molecule has 0 bridgehead atoms. The topological polar surface area (TPSA) is 136 Å². The molecule has 9 nitrogen and oxygen atoms in total. The molecule has 3 N–H and O–H groups in total. The fourth-order valence-electron chi connectivity index (χ4n) is 2.04. The van der Waals surface area contributed by atoms with Crippen molar-refractivity contribution in [2.24, 2.45) is 5.73 Å². The summed E-state index contributed by atoms with van der Waals surface area (Å²) in [4.78, 5) is 46.4. The molecule has 1 aromatic rings. The van der Waals surface area contributed by atoms with Gasteiger partial charge in [-0.15, -0.1) is 0 Å². The van der Waals surface area contributed by atoms with Crippen LogP contribution in [0, 0.1) is 0 Å². The largest absolute Gasteiger partial charge is 0.493 e. The van der Waals surface area contributed by atoms with E-state index in [1.165, 1.54) is 25.3 Å². The molecule has 1 aromatic carbocycles. The highest BCUT2D eigenvalue weighted by molar-refractivity contribution is 8.18. The van der Waals surface area contributed by atoms with Gasteiger partial charge in [-0.1, -0.05) is 11.6 Å². The van der Waals surface area contributed by atoms with Gasteiger partial charge in [0.2, 0.25) is 5.91 Å². The van der Waals surface area contributed by atoms with Gasteiger partial charge in [0.25, 0.3) is 11.1 Å². The molecular weight excluding hydrogens is 388 g/mol. The molecule has 0 spiro atoms. The number of methoxy groups -OCH3 is 1. The lowest BCUT2D eigenvalue weighted by atomic mass is 10.1. The molecule has 1 heterocycles. The average molecular weight is 401 g/mol. The van der Waals surface area contributed by atoms with Gasteiger partial charge in [0.05, 0.1) is 17.0 Å². The van der Waals surface area contributed by atoms with E-state index in [1.54, 1.807) is 0 Å². The van der Waals surface area contributed by atoms with Crippen molar-refractivity contribution < 1.29 is 33.8 Å². The Hall–Kier alpha value is -2.72. The van der Waals surface area contributed by atoms with Crippen LogP contribution in [0.3, 0.4) is 0 Å². The Morgan fingerprint density at radius 2 is 2.08 bits per heavy atom. The van der Waals surface area contributed by atoms with E-state index in [1.807, 2.05) is 0 Å². The van der Waals surface area contributed by atoms with Gasteiger partial charge in [-0.05, 0) is 35.5 Å².